The first-order chi connectivity index (χ1) is 14.2. The molecule has 0 radical (unpaired) electrons. The first-order valence-corrected chi connectivity index (χ1v) is 10.4. The Bertz CT molecular complexity index is 918. The number of rotatable bonds is 7. The quantitative estimate of drug-likeness (QED) is 0.641. The molecule has 1 fully saturated rings. The van der Waals surface area contributed by atoms with Gasteiger partial charge in [0.25, 0.3) is 5.91 Å². The zero-order chi connectivity index (χ0) is 20.1. The number of nitrogens with one attached hydrogen (secondary N) is 1. The van der Waals surface area contributed by atoms with Crippen LogP contribution in [0.2, 0.25) is 0 Å². The van der Waals surface area contributed by atoms with Gasteiger partial charge in [-0.05, 0) is 29.1 Å². The lowest BCUT2D eigenvalue weighted by Gasteiger charge is -2.34. The highest BCUT2D eigenvalue weighted by atomic mass is 32.1. The lowest BCUT2D eigenvalue weighted by Crippen LogP contribution is -2.43. The summed E-state index contributed by atoms with van der Waals surface area (Å²) in [5.41, 5.74) is 1.40. The number of carbonyl (C=O) groups is 1. The summed E-state index contributed by atoms with van der Waals surface area (Å²) in [5, 5.41) is 8.90. The average molecular weight is 413 g/mol. The molecule has 1 N–H and O–H groups in total. The van der Waals surface area contributed by atoms with E-state index >= 15 is 0 Å². The fourth-order valence-corrected chi connectivity index (χ4v) is 4.04. The zero-order valence-corrected chi connectivity index (χ0v) is 17.0. The minimum Gasteiger partial charge on any atom is -0.497 e. The number of aromatic nitrogens is 1. The maximum Gasteiger partial charge on any atom is 0.273 e. The van der Waals surface area contributed by atoms with Crippen molar-refractivity contribution in [3.8, 4) is 16.4 Å². The molecule has 3 aromatic rings. The van der Waals surface area contributed by atoms with Crippen molar-refractivity contribution >= 4 is 17.2 Å². The van der Waals surface area contributed by atoms with Crippen LogP contribution in [0.4, 0.5) is 0 Å². The Morgan fingerprint density at radius 3 is 2.76 bits per heavy atom. The van der Waals surface area contributed by atoms with Crippen molar-refractivity contribution in [1.29, 1.82) is 0 Å². The number of morpholine rings is 1. The summed E-state index contributed by atoms with van der Waals surface area (Å²) < 4.78 is 16.1. The largest absolute Gasteiger partial charge is 0.497 e. The van der Waals surface area contributed by atoms with Crippen LogP contribution in [0.15, 0.2) is 52.4 Å². The van der Waals surface area contributed by atoms with E-state index in [1.165, 1.54) is 0 Å². The van der Waals surface area contributed by atoms with E-state index in [-0.39, 0.29) is 17.6 Å². The SMILES string of the molecule is COc1ccc([C@H](CNC(=O)c2cc(-c3cccs3)on2)N2CCOCC2)cc1. The van der Waals surface area contributed by atoms with E-state index in [1.54, 1.807) is 24.5 Å². The molecule has 1 amide bonds. The zero-order valence-electron chi connectivity index (χ0n) is 16.2. The molecule has 7 nitrogen and oxygen atoms in total. The second-order valence-electron chi connectivity index (χ2n) is 6.70. The molecule has 1 aliphatic heterocycles. The molecular formula is C21H23N3O4S. The van der Waals surface area contributed by atoms with Crippen molar-refractivity contribution < 1.29 is 18.8 Å². The van der Waals surface area contributed by atoms with Gasteiger partial charge in [0.1, 0.15) is 5.75 Å². The molecule has 0 saturated carbocycles. The summed E-state index contributed by atoms with van der Waals surface area (Å²) in [4.78, 5) is 15.9. The fourth-order valence-electron chi connectivity index (χ4n) is 3.37. The molecule has 3 heterocycles. The van der Waals surface area contributed by atoms with Gasteiger partial charge < -0.3 is 19.3 Å². The first-order valence-electron chi connectivity index (χ1n) is 9.49. The molecule has 0 bridgehead atoms. The summed E-state index contributed by atoms with van der Waals surface area (Å²) in [6.45, 7) is 3.48. The molecule has 1 saturated heterocycles. The minimum absolute atomic E-state index is 0.0393. The smallest absolute Gasteiger partial charge is 0.273 e. The van der Waals surface area contributed by atoms with Crippen molar-refractivity contribution in [2.24, 2.45) is 0 Å². The number of carbonyl (C=O) groups excluding carboxylic acids is 1. The predicted octanol–water partition coefficient (Wildman–Crippen LogP) is 3.22. The molecule has 2 aromatic heterocycles. The van der Waals surface area contributed by atoms with E-state index in [0.29, 0.717) is 25.5 Å². The number of hydrogen-bond acceptors (Lipinski definition) is 7. The van der Waals surface area contributed by atoms with Crippen LogP contribution >= 0.6 is 11.3 Å². The van der Waals surface area contributed by atoms with Crippen LogP contribution in [0.5, 0.6) is 5.75 Å². The number of nitrogens with zero attached hydrogens (tertiary/aromatic N) is 2. The molecule has 1 aliphatic rings. The number of thiophene rings is 1. The molecule has 1 aromatic carbocycles. The van der Waals surface area contributed by atoms with Gasteiger partial charge in [-0.2, -0.15) is 0 Å². The molecule has 1 atom stereocenters. The maximum atomic E-state index is 12.7. The maximum absolute atomic E-state index is 12.7. The third kappa shape index (κ3) is 4.67. The van der Waals surface area contributed by atoms with Crippen LogP contribution in [0.25, 0.3) is 10.6 Å². The van der Waals surface area contributed by atoms with E-state index in [1.807, 2.05) is 41.8 Å². The summed E-state index contributed by atoms with van der Waals surface area (Å²) in [6.07, 6.45) is 0. The Kier molecular flexibility index (Phi) is 6.24. The standard InChI is InChI=1S/C21H23N3O4S/c1-26-16-6-4-15(5-7-16)18(24-8-10-27-11-9-24)14-22-21(25)17-13-19(28-23-17)20-3-2-12-29-20/h2-7,12-13,18H,8-11,14H2,1H3,(H,22,25)/t18-/m0/s1. The van der Waals surface area contributed by atoms with Crippen LogP contribution in [0, 0.1) is 0 Å². The Hall–Kier alpha value is -2.68. The van der Waals surface area contributed by atoms with E-state index < -0.39 is 0 Å². The van der Waals surface area contributed by atoms with E-state index in [9.17, 15) is 4.79 Å². The fraction of sp³-hybridized carbons (Fsp3) is 0.333. The van der Waals surface area contributed by atoms with E-state index in [4.69, 9.17) is 14.0 Å². The number of amides is 1. The van der Waals surface area contributed by atoms with Crippen molar-refractivity contribution in [3.63, 3.8) is 0 Å². The third-order valence-electron chi connectivity index (χ3n) is 4.95. The summed E-state index contributed by atoms with van der Waals surface area (Å²) in [7, 11) is 1.65. The van der Waals surface area contributed by atoms with Gasteiger partial charge in [-0.25, -0.2) is 0 Å². The lowest BCUT2D eigenvalue weighted by molar-refractivity contribution is 0.0162. The van der Waals surface area contributed by atoms with Crippen LogP contribution in [-0.4, -0.2) is 55.9 Å². The summed E-state index contributed by atoms with van der Waals surface area (Å²) in [5.74, 6) is 1.16. The molecule has 4 rings (SSSR count). The van der Waals surface area contributed by atoms with Crippen molar-refractivity contribution in [3.05, 3.63) is 59.1 Å². The molecule has 0 unspecified atom stereocenters. The van der Waals surface area contributed by atoms with Gasteiger partial charge in [0.05, 0.1) is 31.2 Å². The molecule has 0 spiro atoms. The lowest BCUT2D eigenvalue weighted by atomic mass is 10.0. The van der Waals surface area contributed by atoms with Gasteiger partial charge in [0, 0.05) is 25.7 Å². The highest BCUT2D eigenvalue weighted by molar-refractivity contribution is 7.13. The monoisotopic (exact) mass is 413 g/mol. The Morgan fingerprint density at radius 1 is 1.28 bits per heavy atom. The third-order valence-corrected chi connectivity index (χ3v) is 5.83. The van der Waals surface area contributed by atoms with Crippen molar-refractivity contribution in [2.45, 2.75) is 6.04 Å². The van der Waals surface area contributed by atoms with Gasteiger partial charge in [-0.3, -0.25) is 9.69 Å². The molecule has 0 aliphatic carbocycles. The number of methoxy groups -OCH3 is 1. The second kappa shape index (κ2) is 9.21. The Balaban J connectivity index is 1.46. The second-order valence-corrected chi connectivity index (χ2v) is 7.65. The van der Waals surface area contributed by atoms with Gasteiger partial charge in [-0.15, -0.1) is 11.3 Å². The molecule has 29 heavy (non-hydrogen) atoms. The number of benzene rings is 1. The van der Waals surface area contributed by atoms with Crippen LogP contribution in [0.3, 0.4) is 0 Å². The van der Waals surface area contributed by atoms with Crippen molar-refractivity contribution in [1.82, 2.24) is 15.4 Å². The summed E-state index contributed by atoms with van der Waals surface area (Å²) >= 11 is 1.54. The predicted molar refractivity (Wildman–Crippen MR) is 110 cm³/mol. The van der Waals surface area contributed by atoms with Gasteiger partial charge in [0.15, 0.2) is 11.5 Å². The summed E-state index contributed by atoms with van der Waals surface area (Å²) in [6, 6.07) is 13.5. The normalized spacial score (nSPS) is 15.8. The van der Waals surface area contributed by atoms with Gasteiger partial charge >= 0.3 is 0 Å². The van der Waals surface area contributed by atoms with E-state index in [2.05, 4.69) is 15.4 Å². The topological polar surface area (TPSA) is 76.8 Å². The number of ether oxygens (including phenoxy) is 2. The Morgan fingerprint density at radius 2 is 2.07 bits per heavy atom. The highest BCUT2D eigenvalue weighted by Crippen LogP contribution is 2.26. The Labute approximate surface area is 173 Å². The van der Waals surface area contributed by atoms with E-state index in [0.717, 1.165) is 29.3 Å². The minimum atomic E-state index is -0.247. The van der Waals surface area contributed by atoms with Crippen molar-refractivity contribution in [2.75, 3.05) is 40.0 Å². The van der Waals surface area contributed by atoms with Gasteiger partial charge in [-0.1, -0.05) is 23.4 Å². The average Bonchev–Trinajstić information content (AvgIpc) is 3.47. The van der Waals surface area contributed by atoms with Crippen LogP contribution < -0.4 is 10.1 Å². The van der Waals surface area contributed by atoms with Crippen LogP contribution in [-0.2, 0) is 4.74 Å². The van der Waals surface area contributed by atoms with Crippen LogP contribution in [0.1, 0.15) is 22.1 Å². The number of hydrogen-bond donors (Lipinski definition) is 1. The van der Waals surface area contributed by atoms with Gasteiger partial charge in [0.2, 0.25) is 0 Å². The molecule has 152 valence electrons. The highest BCUT2D eigenvalue weighted by Gasteiger charge is 2.24. The molecular weight excluding hydrogens is 390 g/mol. The molecule has 8 heteroatoms. The first kappa shape index (κ1) is 19.6.